The lowest BCUT2D eigenvalue weighted by atomic mass is 9.85. The average Bonchev–Trinajstić information content (AvgIpc) is 3.44. The van der Waals surface area contributed by atoms with Crippen molar-refractivity contribution in [2.45, 2.75) is 44.6 Å². The highest BCUT2D eigenvalue weighted by Gasteiger charge is 2.27. The first-order valence-electron chi connectivity index (χ1n) is 11.5. The Labute approximate surface area is 186 Å². The van der Waals surface area contributed by atoms with Crippen LogP contribution < -0.4 is 15.4 Å². The van der Waals surface area contributed by atoms with Gasteiger partial charge in [0, 0.05) is 37.1 Å². The lowest BCUT2D eigenvalue weighted by Crippen LogP contribution is -2.34. The van der Waals surface area contributed by atoms with Gasteiger partial charge in [-0.05, 0) is 43.7 Å². The molecule has 0 bridgehead atoms. The summed E-state index contributed by atoms with van der Waals surface area (Å²) in [4.78, 5) is 11.9. The molecule has 9 heteroatoms. The molecule has 1 atom stereocenters. The number of aromatic nitrogens is 6. The Balaban J connectivity index is 1.29. The minimum absolute atomic E-state index is 0.235. The smallest absolute Gasteiger partial charge is 0.223 e. The maximum Gasteiger partial charge on any atom is 0.223 e. The van der Waals surface area contributed by atoms with Crippen LogP contribution in [-0.4, -0.2) is 49.6 Å². The molecule has 0 radical (unpaired) electrons. The van der Waals surface area contributed by atoms with Gasteiger partial charge in [-0.1, -0.05) is 12.5 Å². The number of nitrogens with two attached hydrogens (primary N) is 1. The van der Waals surface area contributed by atoms with E-state index in [1.807, 2.05) is 24.4 Å². The highest BCUT2D eigenvalue weighted by Crippen LogP contribution is 2.32. The van der Waals surface area contributed by atoms with Crippen LogP contribution in [-0.2, 0) is 6.54 Å². The van der Waals surface area contributed by atoms with Crippen LogP contribution in [0.25, 0.3) is 16.6 Å². The van der Waals surface area contributed by atoms with Crippen LogP contribution in [0.5, 0.6) is 5.75 Å². The van der Waals surface area contributed by atoms with E-state index in [-0.39, 0.29) is 5.92 Å². The van der Waals surface area contributed by atoms with Gasteiger partial charge in [-0.2, -0.15) is 9.61 Å². The SMILES string of the molecule is COc1cccc2c1nc(N)n1nc([C@@H]3CCCN(c4cnn(CC5CCC5)c4)C3)nc21. The number of nitrogen functional groups attached to an aromatic ring is 1. The number of para-hydroxylation sites is 1. The fraction of sp³-hybridized carbons (Fsp3) is 0.478. The average molecular weight is 433 g/mol. The predicted molar refractivity (Wildman–Crippen MR) is 123 cm³/mol. The molecule has 1 aliphatic carbocycles. The zero-order chi connectivity index (χ0) is 21.7. The van der Waals surface area contributed by atoms with Crippen molar-refractivity contribution in [1.29, 1.82) is 0 Å². The molecule has 4 heterocycles. The molecule has 1 aliphatic heterocycles. The van der Waals surface area contributed by atoms with Crippen molar-refractivity contribution in [2.24, 2.45) is 5.92 Å². The van der Waals surface area contributed by atoms with Gasteiger partial charge in [-0.3, -0.25) is 4.68 Å². The summed E-state index contributed by atoms with van der Waals surface area (Å²) in [5.41, 5.74) is 8.87. The molecule has 2 fully saturated rings. The Bertz CT molecular complexity index is 1270. The molecule has 166 valence electrons. The molecular weight excluding hydrogens is 404 g/mol. The van der Waals surface area contributed by atoms with E-state index in [0.717, 1.165) is 55.3 Å². The number of methoxy groups -OCH3 is 1. The minimum atomic E-state index is 0.235. The fourth-order valence-corrected chi connectivity index (χ4v) is 4.96. The summed E-state index contributed by atoms with van der Waals surface area (Å²) in [6.45, 7) is 2.94. The van der Waals surface area contributed by atoms with E-state index < -0.39 is 0 Å². The van der Waals surface area contributed by atoms with E-state index >= 15 is 0 Å². The number of ether oxygens (including phenoxy) is 1. The largest absolute Gasteiger partial charge is 0.494 e. The summed E-state index contributed by atoms with van der Waals surface area (Å²) in [6.07, 6.45) is 10.4. The Morgan fingerprint density at radius 2 is 2.06 bits per heavy atom. The van der Waals surface area contributed by atoms with Gasteiger partial charge in [0.05, 0.1) is 19.0 Å². The van der Waals surface area contributed by atoms with Crippen molar-refractivity contribution in [2.75, 3.05) is 30.8 Å². The number of nitrogens with zero attached hydrogens (tertiary/aromatic N) is 7. The molecule has 6 rings (SSSR count). The maximum atomic E-state index is 6.24. The zero-order valence-electron chi connectivity index (χ0n) is 18.3. The summed E-state index contributed by atoms with van der Waals surface area (Å²) in [6, 6.07) is 5.81. The third-order valence-corrected chi connectivity index (χ3v) is 6.97. The van der Waals surface area contributed by atoms with Crippen LogP contribution in [0.4, 0.5) is 11.6 Å². The van der Waals surface area contributed by atoms with E-state index in [4.69, 9.17) is 20.6 Å². The second kappa shape index (κ2) is 7.65. The van der Waals surface area contributed by atoms with Gasteiger partial charge in [0.15, 0.2) is 11.5 Å². The number of benzene rings is 1. The van der Waals surface area contributed by atoms with Crippen LogP contribution in [0.3, 0.4) is 0 Å². The molecule has 0 unspecified atom stereocenters. The first-order valence-corrected chi connectivity index (χ1v) is 11.5. The van der Waals surface area contributed by atoms with E-state index in [0.29, 0.717) is 17.2 Å². The van der Waals surface area contributed by atoms with Gasteiger partial charge in [-0.25, -0.2) is 9.97 Å². The zero-order valence-corrected chi connectivity index (χ0v) is 18.3. The van der Waals surface area contributed by atoms with Crippen molar-refractivity contribution in [3.63, 3.8) is 0 Å². The van der Waals surface area contributed by atoms with Crippen LogP contribution in [0, 0.1) is 5.92 Å². The summed E-state index contributed by atoms with van der Waals surface area (Å²) in [5.74, 6) is 2.86. The predicted octanol–water partition coefficient (Wildman–Crippen LogP) is 3.25. The van der Waals surface area contributed by atoms with Crippen LogP contribution in [0.15, 0.2) is 30.6 Å². The molecular formula is C23H28N8O. The molecule has 32 heavy (non-hydrogen) atoms. The molecule has 4 aromatic rings. The van der Waals surface area contributed by atoms with Gasteiger partial charge >= 0.3 is 0 Å². The van der Waals surface area contributed by atoms with Crippen LogP contribution >= 0.6 is 0 Å². The second-order valence-electron chi connectivity index (χ2n) is 9.03. The van der Waals surface area contributed by atoms with E-state index in [1.54, 1.807) is 11.6 Å². The Morgan fingerprint density at radius 1 is 1.16 bits per heavy atom. The second-order valence-corrected chi connectivity index (χ2v) is 9.03. The lowest BCUT2D eigenvalue weighted by molar-refractivity contribution is 0.266. The quantitative estimate of drug-likeness (QED) is 0.517. The Morgan fingerprint density at radius 3 is 2.88 bits per heavy atom. The van der Waals surface area contributed by atoms with Crippen molar-refractivity contribution in [3.8, 4) is 5.75 Å². The Hall–Kier alpha value is -3.36. The molecule has 0 spiro atoms. The van der Waals surface area contributed by atoms with Crippen molar-refractivity contribution >= 4 is 28.2 Å². The topological polar surface area (TPSA) is 99.4 Å². The molecule has 9 nitrogen and oxygen atoms in total. The van der Waals surface area contributed by atoms with Gasteiger partial charge in [0.2, 0.25) is 5.95 Å². The summed E-state index contributed by atoms with van der Waals surface area (Å²) in [7, 11) is 1.64. The molecule has 2 N–H and O–H groups in total. The third kappa shape index (κ3) is 3.23. The van der Waals surface area contributed by atoms with E-state index in [9.17, 15) is 0 Å². The van der Waals surface area contributed by atoms with Crippen molar-refractivity contribution in [1.82, 2.24) is 29.4 Å². The molecule has 1 aromatic carbocycles. The van der Waals surface area contributed by atoms with Gasteiger partial charge in [0.25, 0.3) is 0 Å². The third-order valence-electron chi connectivity index (χ3n) is 6.97. The number of piperidine rings is 1. The highest BCUT2D eigenvalue weighted by molar-refractivity contribution is 5.95. The van der Waals surface area contributed by atoms with E-state index in [2.05, 4.69) is 25.9 Å². The van der Waals surface area contributed by atoms with Crippen LogP contribution in [0.1, 0.15) is 43.8 Å². The number of hydrogen-bond acceptors (Lipinski definition) is 7. The lowest BCUT2D eigenvalue weighted by Gasteiger charge is -2.32. The number of rotatable bonds is 5. The number of anilines is 2. The minimum Gasteiger partial charge on any atom is -0.494 e. The monoisotopic (exact) mass is 432 g/mol. The van der Waals surface area contributed by atoms with Crippen LogP contribution in [0.2, 0.25) is 0 Å². The molecule has 1 saturated heterocycles. The normalized spacial score (nSPS) is 19.5. The van der Waals surface area contributed by atoms with Gasteiger partial charge in [0.1, 0.15) is 11.3 Å². The Kier molecular flexibility index (Phi) is 4.62. The first-order chi connectivity index (χ1) is 15.7. The van der Waals surface area contributed by atoms with Crippen molar-refractivity contribution < 1.29 is 4.74 Å². The number of fused-ring (bicyclic) bond motifs is 3. The molecule has 3 aromatic heterocycles. The standard InChI is InChI=1S/C23H28N8O/c1-32-19-9-3-8-18-20(19)26-23(24)31-22(18)27-21(28-31)16-7-4-10-29(13-16)17-11-25-30(14-17)12-15-5-2-6-15/h3,8-9,11,14-16H,2,4-7,10,12-13H2,1H3,(H2,24,26)/t16-/m1/s1. The summed E-state index contributed by atoms with van der Waals surface area (Å²) in [5, 5.41) is 10.3. The summed E-state index contributed by atoms with van der Waals surface area (Å²) >= 11 is 0. The van der Waals surface area contributed by atoms with Crippen molar-refractivity contribution in [3.05, 3.63) is 36.4 Å². The maximum absolute atomic E-state index is 6.24. The number of hydrogen-bond donors (Lipinski definition) is 1. The highest BCUT2D eigenvalue weighted by atomic mass is 16.5. The van der Waals surface area contributed by atoms with E-state index in [1.165, 1.54) is 24.9 Å². The first kappa shape index (κ1) is 19.3. The summed E-state index contributed by atoms with van der Waals surface area (Å²) < 4.78 is 9.23. The fourth-order valence-electron chi connectivity index (χ4n) is 4.96. The van der Waals surface area contributed by atoms with Gasteiger partial charge in [-0.15, -0.1) is 5.10 Å². The molecule has 1 saturated carbocycles. The molecule has 2 aliphatic rings. The van der Waals surface area contributed by atoms with Gasteiger partial charge < -0.3 is 15.4 Å². The molecule has 0 amide bonds.